The van der Waals surface area contributed by atoms with Crippen LogP contribution in [0.5, 0.6) is 0 Å². The highest BCUT2D eigenvalue weighted by atomic mass is 31.2. The van der Waals surface area contributed by atoms with E-state index >= 15 is 0 Å². The first-order chi connectivity index (χ1) is 14.4. The van der Waals surface area contributed by atoms with Gasteiger partial charge in [0.25, 0.3) is 0 Å². The van der Waals surface area contributed by atoms with Gasteiger partial charge in [0.1, 0.15) is 5.76 Å². The van der Waals surface area contributed by atoms with Crippen molar-refractivity contribution in [2.75, 3.05) is 13.8 Å². The van der Waals surface area contributed by atoms with Gasteiger partial charge in [0.05, 0.1) is 7.11 Å². The van der Waals surface area contributed by atoms with Crippen LogP contribution in [0.2, 0.25) is 0 Å². The first-order valence-corrected chi connectivity index (χ1v) is 14.1. The largest absolute Gasteiger partial charge is 0.496 e. The smallest absolute Gasteiger partial charge is 0.201 e. The fraction of sp³-hybridized carbons (Fsp3) is 0.615. The van der Waals surface area contributed by atoms with Gasteiger partial charge in [-0.25, -0.2) is 0 Å². The van der Waals surface area contributed by atoms with E-state index in [1.165, 1.54) is 70.0 Å². The lowest BCUT2D eigenvalue weighted by Gasteiger charge is -2.48. The second kappa shape index (κ2) is 9.05. The zero-order valence-corrected chi connectivity index (χ0v) is 19.7. The van der Waals surface area contributed by atoms with Gasteiger partial charge in [-0.1, -0.05) is 49.1 Å². The van der Waals surface area contributed by atoms with E-state index in [0.29, 0.717) is 17.8 Å². The molecule has 0 spiro atoms. The van der Waals surface area contributed by atoms with Gasteiger partial charge < -0.3 is 9.63 Å². The molecule has 3 aliphatic carbocycles. The second-order valence-electron chi connectivity index (χ2n) is 9.64. The molecule has 2 bridgehead atoms. The standard InChI is InChI=1S/C26H37O3P/c1-4-9-20-21-12-5-6-13-22(21)24-15-8-14-23(20)25(24)26(29-2)19-11-7-10-18(16-19)17-30(3,27)28/h7,10-11,16,20,23-24H,4-6,8-9,12-15,17H2,1-3H3,(H,27,28)/b26-25+. The van der Waals surface area contributed by atoms with Gasteiger partial charge in [0, 0.05) is 24.3 Å². The molecule has 3 nitrogen and oxygen atoms in total. The molecule has 4 rings (SSSR count). The predicted molar refractivity (Wildman–Crippen MR) is 125 cm³/mol. The van der Waals surface area contributed by atoms with Crippen LogP contribution in [0.25, 0.3) is 5.76 Å². The summed E-state index contributed by atoms with van der Waals surface area (Å²) in [7, 11) is -1.29. The van der Waals surface area contributed by atoms with Gasteiger partial charge >= 0.3 is 0 Å². The van der Waals surface area contributed by atoms with Crippen molar-refractivity contribution < 1.29 is 14.2 Å². The van der Waals surface area contributed by atoms with Gasteiger partial charge in [0.15, 0.2) is 0 Å². The van der Waals surface area contributed by atoms with Crippen molar-refractivity contribution in [3.05, 3.63) is 52.1 Å². The zero-order chi connectivity index (χ0) is 21.3. The van der Waals surface area contributed by atoms with Crippen LogP contribution in [-0.4, -0.2) is 18.7 Å². The van der Waals surface area contributed by atoms with Crippen LogP contribution < -0.4 is 0 Å². The highest BCUT2D eigenvalue weighted by Gasteiger charge is 2.44. The molecule has 0 heterocycles. The topological polar surface area (TPSA) is 46.5 Å². The first kappa shape index (κ1) is 21.9. The van der Waals surface area contributed by atoms with Crippen LogP contribution >= 0.6 is 7.37 Å². The van der Waals surface area contributed by atoms with E-state index in [2.05, 4.69) is 19.1 Å². The summed E-state index contributed by atoms with van der Waals surface area (Å²) in [6.07, 6.45) is 11.8. The minimum Gasteiger partial charge on any atom is -0.496 e. The summed E-state index contributed by atoms with van der Waals surface area (Å²) in [6, 6.07) is 8.15. The van der Waals surface area contributed by atoms with E-state index in [4.69, 9.17) is 4.74 Å². The van der Waals surface area contributed by atoms with Crippen LogP contribution in [-0.2, 0) is 15.5 Å². The van der Waals surface area contributed by atoms with E-state index in [9.17, 15) is 9.46 Å². The molecule has 1 N–H and O–H groups in total. The molecule has 4 atom stereocenters. The summed E-state index contributed by atoms with van der Waals surface area (Å²) in [4.78, 5) is 9.87. The average molecular weight is 429 g/mol. The number of hydrogen-bond acceptors (Lipinski definition) is 2. The molecule has 0 amide bonds. The molecule has 1 fully saturated rings. The van der Waals surface area contributed by atoms with Crippen LogP contribution in [0.4, 0.5) is 0 Å². The molecule has 0 saturated heterocycles. The number of methoxy groups -OCH3 is 1. The Balaban J connectivity index is 1.83. The Bertz CT molecular complexity index is 891. The van der Waals surface area contributed by atoms with Crippen molar-refractivity contribution in [3.8, 4) is 0 Å². The minimum absolute atomic E-state index is 0.216. The highest BCUT2D eigenvalue weighted by Crippen LogP contribution is 2.56. The summed E-state index contributed by atoms with van der Waals surface area (Å²) in [5.41, 5.74) is 7.07. The lowest BCUT2D eigenvalue weighted by atomic mass is 9.57. The normalized spacial score (nSPS) is 29.8. The first-order valence-electron chi connectivity index (χ1n) is 11.8. The van der Waals surface area contributed by atoms with Crippen LogP contribution in [0.3, 0.4) is 0 Å². The predicted octanol–water partition coefficient (Wildman–Crippen LogP) is 7.16. The molecule has 3 aliphatic rings. The van der Waals surface area contributed by atoms with Crippen molar-refractivity contribution in [1.29, 1.82) is 0 Å². The third kappa shape index (κ3) is 4.34. The Morgan fingerprint density at radius 1 is 1.17 bits per heavy atom. The number of hydrogen-bond donors (Lipinski definition) is 1. The maximum atomic E-state index is 12.0. The quantitative estimate of drug-likeness (QED) is 0.297. The Hall–Kier alpha value is -1.31. The molecule has 0 aromatic heterocycles. The average Bonchev–Trinajstić information content (AvgIpc) is 2.71. The summed E-state index contributed by atoms with van der Waals surface area (Å²) in [5.74, 6) is 2.85. The molecule has 164 valence electrons. The molecule has 4 heteroatoms. The summed E-state index contributed by atoms with van der Waals surface area (Å²) in [6.45, 7) is 3.76. The summed E-state index contributed by atoms with van der Waals surface area (Å²) in [5, 5.41) is 0. The monoisotopic (exact) mass is 428 g/mol. The van der Waals surface area contributed by atoms with Crippen LogP contribution in [0, 0.1) is 17.8 Å². The van der Waals surface area contributed by atoms with Crippen molar-refractivity contribution in [3.63, 3.8) is 0 Å². The molecular formula is C26H37O3P. The van der Waals surface area contributed by atoms with Crippen molar-refractivity contribution in [1.82, 2.24) is 0 Å². The van der Waals surface area contributed by atoms with Gasteiger partial charge in [-0.3, -0.25) is 4.57 Å². The minimum atomic E-state index is -3.10. The number of benzene rings is 1. The van der Waals surface area contributed by atoms with E-state index in [1.807, 2.05) is 12.1 Å². The molecule has 0 radical (unpaired) electrons. The van der Waals surface area contributed by atoms with Gasteiger partial charge in [-0.2, -0.15) is 0 Å². The molecule has 1 saturated carbocycles. The van der Waals surface area contributed by atoms with E-state index < -0.39 is 7.37 Å². The Morgan fingerprint density at radius 3 is 2.63 bits per heavy atom. The van der Waals surface area contributed by atoms with Crippen LogP contribution in [0.15, 0.2) is 41.0 Å². The number of ether oxygens (including phenoxy) is 1. The molecule has 4 unspecified atom stereocenters. The van der Waals surface area contributed by atoms with Gasteiger partial charge in [-0.05, 0) is 74.0 Å². The Labute approximate surface area is 182 Å². The number of fused-ring (bicyclic) bond motifs is 3. The lowest BCUT2D eigenvalue weighted by molar-refractivity contribution is 0.248. The van der Waals surface area contributed by atoms with Crippen molar-refractivity contribution in [2.24, 2.45) is 17.8 Å². The third-order valence-electron chi connectivity index (χ3n) is 7.42. The van der Waals surface area contributed by atoms with E-state index in [0.717, 1.165) is 16.9 Å². The Morgan fingerprint density at radius 2 is 1.93 bits per heavy atom. The summed E-state index contributed by atoms with van der Waals surface area (Å²) < 4.78 is 18.1. The lowest BCUT2D eigenvalue weighted by Crippen LogP contribution is -2.36. The fourth-order valence-corrected chi connectivity index (χ4v) is 7.35. The van der Waals surface area contributed by atoms with Crippen molar-refractivity contribution >= 4 is 13.1 Å². The van der Waals surface area contributed by atoms with Gasteiger partial charge in [-0.15, -0.1) is 0 Å². The maximum Gasteiger partial charge on any atom is 0.201 e. The molecule has 0 aliphatic heterocycles. The third-order valence-corrected chi connectivity index (χ3v) is 8.37. The van der Waals surface area contributed by atoms with Gasteiger partial charge in [0.2, 0.25) is 7.37 Å². The van der Waals surface area contributed by atoms with Crippen molar-refractivity contribution in [2.45, 2.75) is 70.9 Å². The molecule has 30 heavy (non-hydrogen) atoms. The second-order valence-corrected chi connectivity index (χ2v) is 12.1. The van der Waals surface area contributed by atoms with E-state index in [1.54, 1.807) is 18.3 Å². The van der Waals surface area contributed by atoms with E-state index in [-0.39, 0.29) is 6.16 Å². The molecule has 1 aromatic rings. The Kier molecular flexibility index (Phi) is 6.61. The number of rotatable bonds is 6. The molecule has 1 aromatic carbocycles. The fourth-order valence-electron chi connectivity index (χ4n) is 6.47. The zero-order valence-electron chi connectivity index (χ0n) is 18.8. The highest BCUT2D eigenvalue weighted by molar-refractivity contribution is 7.56. The summed E-state index contributed by atoms with van der Waals surface area (Å²) >= 11 is 0. The maximum absolute atomic E-state index is 12.0. The number of allylic oxidation sites excluding steroid dienone is 3. The van der Waals surface area contributed by atoms with Crippen LogP contribution in [0.1, 0.15) is 75.8 Å². The molecular weight excluding hydrogens is 391 g/mol. The SMILES string of the molecule is CCCC1C2=C(CCCC2)C2CCCC1/C2=C(\OC)c1cccc(CP(C)(=O)O)c1.